The number of halogens is 2. The smallest absolute Gasteiger partial charge is 0.251 e. The molecule has 1 fully saturated rings. The van der Waals surface area contributed by atoms with Gasteiger partial charge in [0.15, 0.2) is 11.6 Å². The van der Waals surface area contributed by atoms with Gasteiger partial charge in [-0.3, -0.25) is 4.79 Å². The van der Waals surface area contributed by atoms with E-state index in [1.165, 1.54) is 6.07 Å². The number of H-pyrrole nitrogens is 1. The van der Waals surface area contributed by atoms with Crippen LogP contribution in [-0.2, 0) is 6.54 Å². The second-order valence-corrected chi connectivity index (χ2v) is 8.41. The molecule has 0 spiro atoms. The molecule has 1 saturated heterocycles. The zero-order valence-corrected chi connectivity index (χ0v) is 17.7. The van der Waals surface area contributed by atoms with Crippen LogP contribution in [0.5, 0.6) is 0 Å². The number of nitrogens with one attached hydrogen (secondary N) is 3. The minimum absolute atomic E-state index is 0.0574. The third kappa shape index (κ3) is 3.34. The average molecular weight is 445 g/mol. The Morgan fingerprint density at radius 1 is 0.939 bits per heavy atom. The molecule has 0 bridgehead atoms. The van der Waals surface area contributed by atoms with Crippen LogP contribution in [0.4, 0.5) is 14.5 Å². The number of piperazine rings is 1. The van der Waals surface area contributed by atoms with Gasteiger partial charge in [0.2, 0.25) is 0 Å². The van der Waals surface area contributed by atoms with Gasteiger partial charge in [-0.05, 0) is 47.0 Å². The van der Waals surface area contributed by atoms with Gasteiger partial charge in [0.25, 0.3) is 5.91 Å². The zero-order valence-electron chi connectivity index (χ0n) is 17.7. The first kappa shape index (κ1) is 19.9. The molecule has 4 aromatic rings. The molecule has 0 radical (unpaired) electrons. The molecule has 2 aliphatic rings. The van der Waals surface area contributed by atoms with Gasteiger partial charge < -0.3 is 20.5 Å². The maximum Gasteiger partial charge on any atom is 0.251 e. The molecule has 2 aromatic carbocycles. The van der Waals surface area contributed by atoms with E-state index in [0.29, 0.717) is 42.0 Å². The fourth-order valence-electron chi connectivity index (χ4n) is 4.68. The van der Waals surface area contributed by atoms with Crippen molar-refractivity contribution < 1.29 is 13.6 Å². The predicted molar refractivity (Wildman–Crippen MR) is 123 cm³/mol. The first-order valence-electron chi connectivity index (χ1n) is 10.9. The largest absolute Gasteiger partial charge is 0.367 e. The zero-order chi connectivity index (χ0) is 22.5. The Hall–Kier alpha value is -3.78. The van der Waals surface area contributed by atoms with Crippen LogP contribution in [0, 0.1) is 11.6 Å². The van der Waals surface area contributed by atoms with E-state index in [4.69, 9.17) is 0 Å². The summed E-state index contributed by atoms with van der Waals surface area (Å²) in [4.78, 5) is 21.4. The molecular weight excluding hydrogens is 424 g/mol. The van der Waals surface area contributed by atoms with Crippen molar-refractivity contribution in [1.29, 1.82) is 0 Å². The number of carbonyl (C=O) groups excluding carboxylic acids is 1. The molecule has 33 heavy (non-hydrogen) atoms. The van der Waals surface area contributed by atoms with Crippen molar-refractivity contribution in [3.05, 3.63) is 71.6 Å². The van der Waals surface area contributed by atoms with E-state index >= 15 is 0 Å². The number of benzene rings is 2. The lowest BCUT2D eigenvalue weighted by atomic mass is 9.99. The van der Waals surface area contributed by atoms with Gasteiger partial charge in [0.05, 0.1) is 5.69 Å². The number of fused-ring (bicyclic) bond motifs is 2. The number of hydrogen-bond donors (Lipinski definition) is 3. The maximum atomic E-state index is 14.6. The first-order valence-corrected chi connectivity index (χ1v) is 10.9. The normalized spacial score (nSPS) is 15.7. The number of aromatic nitrogens is 2. The van der Waals surface area contributed by atoms with E-state index in [1.807, 2.05) is 35.4 Å². The van der Waals surface area contributed by atoms with Crippen LogP contribution in [0.3, 0.4) is 0 Å². The van der Waals surface area contributed by atoms with Crippen LogP contribution in [-0.4, -0.2) is 42.1 Å². The Labute approximate surface area is 188 Å². The Morgan fingerprint density at radius 2 is 1.79 bits per heavy atom. The molecule has 0 saturated carbocycles. The van der Waals surface area contributed by atoms with E-state index in [2.05, 4.69) is 20.6 Å². The number of nitrogens with zero attached hydrogens (tertiary/aromatic N) is 2. The summed E-state index contributed by atoms with van der Waals surface area (Å²) >= 11 is 0. The Kier molecular flexibility index (Phi) is 4.62. The summed E-state index contributed by atoms with van der Waals surface area (Å²) in [5, 5.41) is 6.94. The third-order valence-electron chi connectivity index (χ3n) is 6.43. The Bertz CT molecular complexity index is 1410. The van der Waals surface area contributed by atoms with Gasteiger partial charge in [-0.15, -0.1) is 0 Å². The summed E-state index contributed by atoms with van der Waals surface area (Å²) in [6.07, 6.45) is 3.55. The summed E-state index contributed by atoms with van der Waals surface area (Å²) in [7, 11) is 0. The number of amides is 1. The highest BCUT2D eigenvalue weighted by molar-refractivity contribution is 6.00. The van der Waals surface area contributed by atoms with Crippen molar-refractivity contribution in [1.82, 2.24) is 20.6 Å². The number of pyridine rings is 1. The van der Waals surface area contributed by atoms with E-state index in [0.717, 1.165) is 35.2 Å². The highest BCUT2D eigenvalue weighted by Crippen LogP contribution is 2.35. The third-order valence-corrected chi connectivity index (χ3v) is 6.43. The van der Waals surface area contributed by atoms with Crippen molar-refractivity contribution in [2.24, 2.45) is 0 Å². The highest BCUT2D eigenvalue weighted by atomic mass is 19.2. The molecule has 4 heterocycles. The molecule has 8 heteroatoms. The SMILES string of the molecule is O=C1NCc2cc(-c3c[nH]c4ncc(-c5cc(F)c(F)c(N6CCNCC6)c5)cc34)ccc21. The molecule has 0 aliphatic carbocycles. The highest BCUT2D eigenvalue weighted by Gasteiger charge is 2.21. The molecule has 3 N–H and O–H groups in total. The number of aromatic amines is 1. The van der Waals surface area contributed by atoms with Crippen LogP contribution in [0.25, 0.3) is 33.3 Å². The summed E-state index contributed by atoms with van der Waals surface area (Å²) in [6.45, 7) is 3.21. The molecule has 2 aliphatic heterocycles. The second-order valence-electron chi connectivity index (χ2n) is 8.41. The molecular formula is C25H21F2N5O. The number of hydrogen-bond acceptors (Lipinski definition) is 4. The van der Waals surface area contributed by atoms with Crippen molar-refractivity contribution in [3.8, 4) is 22.3 Å². The lowest BCUT2D eigenvalue weighted by Crippen LogP contribution is -2.44. The van der Waals surface area contributed by atoms with Gasteiger partial charge in [0.1, 0.15) is 5.65 Å². The monoisotopic (exact) mass is 445 g/mol. The molecule has 0 atom stereocenters. The van der Waals surface area contributed by atoms with E-state index in [1.54, 1.807) is 12.3 Å². The average Bonchev–Trinajstić information content (AvgIpc) is 3.44. The molecule has 1 amide bonds. The molecule has 0 unspecified atom stereocenters. The van der Waals surface area contributed by atoms with E-state index in [-0.39, 0.29) is 11.6 Å². The minimum atomic E-state index is -0.869. The van der Waals surface area contributed by atoms with Crippen molar-refractivity contribution >= 4 is 22.6 Å². The fraction of sp³-hybridized carbons (Fsp3) is 0.200. The van der Waals surface area contributed by atoms with E-state index in [9.17, 15) is 13.6 Å². The number of carbonyl (C=O) groups is 1. The maximum absolute atomic E-state index is 14.6. The van der Waals surface area contributed by atoms with Gasteiger partial charge in [0, 0.05) is 67.2 Å². The van der Waals surface area contributed by atoms with Crippen molar-refractivity contribution in [2.75, 3.05) is 31.1 Å². The van der Waals surface area contributed by atoms with Gasteiger partial charge in [-0.1, -0.05) is 6.07 Å². The summed E-state index contributed by atoms with van der Waals surface area (Å²) < 4.78 is 29.2. The number of rotatable bonds is 3. The summed E-state index contributed by atoms with van der Waals surface area (Å²) in [5.41, 5.74) is 5.81. The topological polar surface area (TPSA) is 73.0 Å². The molecule has 6 nitrogen and oxygen atoms in total. The lowest BCUT2D eigenvalue weighted by molar-refractivity contribution is 0.0965. The summed E-state index contributed by atoms with van der Waals surface area (Å²) in [6, 6.07) is 10.6. The molecule has 166 valence electrons. The predicted octanol–water partition coefficient (Wildman–Crippen LogP) is 3.83. The fourth-order valence-corrected chi connectivity index (χ4v) is 4.68. The van der Waals surface area contributed by atoms with Crippen LogP contribution < -0.4 is 15.5 Å². The molecule has 6 rings (SSSR count). The summed E-state index contributed by atoms with van der Waals surface area (Å²) in [5.74, 6) is -1.75. The second kappa shape index (κ2) is 7.67. The Balaban J connectivity index is 1.43. The van der Waals surface area contributed by atoms with Crippen LogP contribution >= 0.6 is 0 Å². The van der Waals surface area contributed by atoms with Gasteiger partial charge >= 0.3 is 0 Å². The van der Waals surface area contributed by atoms with Crippen molar-refractivity contribution in [2.45, 2.75) is 6.54 Å². The Morgan fingerprint density at radius 3 is 2.64 bits per heavy atom. The minimum Gasteiger partial charge on any atom is -0.367 e. The quantitative estimate of drug-likeness (QED) is 0.448. The lowest BCUT2D eigenvalue weighted by Gasteiger charge is -2.30. The van der Waals surface area contributed by atoms with Crippen LogP contribution in [0.15, 0.2) is 48.8 Å². The molecule has 2 aromatic heterocycles. The standard InChI is InChI=1S/C25H21F2N5O/c26-21-9-15(10-22(23(21)27)32-5-3-28-4-6-32)16-8-19-20(13-30-24(19)29-11-16)14-1-2-18-17(7-14)12-31-25(18)33/h1-2,7-11,13,28H,3-6,12H2,(H,29,30)(H,31,33). The van der Waals surface area contributed by atoms with Crippen LogP contribution in [0.1, 0.15) is 15.9 Å². The number of anilines is 1. The van der Waals surface area contributed by atoms with Crippen molar-refractivity contribution in [3.63, 3.8) is 0 Å². The van der Waals surface area contributed by atoms with E-state index < -0.39 is 11.6 Å². The van der Waals surface area contributed by atoms with Crippen LogP contribution in [0.2, 0.25) is 0 Å². The van der Waals surface area contributed by atoms with Gasteiger partial charge in [-0.25, -0.2) is 13.8 Å². The van der Waals surface area contributed by atoms with Gasteiger partial charge in [-0.2, -0.15) is 0 Å². The first-order chi connectivity index (χ1) is 16.1.